The fourth-order valence-electron chi connectivity index (χ4n) is 3.04. The van der Waals surface area contributed by atoms with E-state index in [-0.39, 0.29) is 6.42 Å². The van der Waals surface area contributed by atoms with Crippen molar-refractivity contribution >= 4 is 25.9 Å². The molecule has 0 unspecified atom stereocenters. The zero-order valence-electron chi connectivity index (χ0n) is 14.8. The minimum atomic E-state index is -4.58. The van der Waals surface area contributed by atoms with Crippen LogP contribution in [0.25, 0.3) is 0 Å². The Morgan fingerprint density at radius 2 is 1.92 bits per heavy atom. The van der Waals surface area contributed by atoms with Gasteiger partial charge in [-0.05, 0) is 13.3 Å². The number of hydrogen-bond acceptors (Lipinski definition) is 5. The summed E-state index contributed by atoms with van der Waals surface area (Å²) in [6.07, 6.45) is 2.25. The van der Waals surface area contributed by atoms with Gasteiger partial charge in [-0.15, -0.1) is 0 Å². The third kappa shape index (κ3) is 5.98. The number of carbonyl (C=O) groups excluding carboxylic acids is 1. The molecule has 1 rings (SSSR count). The molecule has 0 aliphatic carbocycles. The van der Waals surface area contributed by atoms with Crippen molar-refractivity contribution in [3.8, 4) is 0 Å². The monoisotopic (exact) mass is 385 g/mol. The summed E-state index contributed by atoms with van der Waals surface area (Å²) in [5.41, 5.74) is -1.51. The van der Waals surface area contributed by atoms with Crippen LogP contribution >= 0.6 is 0 Å². The minimum Gasteiger partial charge on any atom is -0.348 e. The standard InChI is InChI=1S/C14H28N2O6S2/c1-5-6-8-16(3,4)9-7-13(17)15-14(2)11-23(18,19)10-12(14)24(20,21)22/h12H,5-11H2,1-4H3,(H-,15,17,20,21,22)/p+1/t12-,14+/m1/s1. The molecule has 2 N–H and O–H groups in total. The molecule has 0 bridgehead atoms. The molecule has 2 atom stereocenters. The van der Waals surface area contributed by atoms with Crippen LogP contribution in [0.4, 0.5) is 0 Å². The Hall–Kier alpha value is -0.710. The van der Waals surface area contributed by atoms with Crippen molar-refractivity contribution in [3.63, 3.8) is 0 Å². The molecule has 1 fully saturated rings. The van der Waals surface area contributed by atoms with Crippen molar-refractivity contribution in [3.05, 3.63) is 0 Å². The molecular formula is C14H29N2O6S2+. The average Bonchev–Trinajstić information content (AvgIpc) is 2.64. The van der Waals surface area contributed by atoms with Gasteiger partial charge in [-0.25, -0.2) is 8.42 Å². The van der Waals surface area contributed by atoms with Gasteiger partial charge in [-0.1, -0.05) is 13.3 Å². The molecule has 10 heteroatoms. The lowest BCUT2D eigenvalue weighted by atomic mass is 10.0. The first-order chi connectivity index (χ1) is 10.7. The van der Waals surface area contributed by atoms with Crippen LogP contribution in [0.15, 0.2) is 0 Å². The summed E-state index contributed by atoms with van der Waals surface area (Å²) in [5.74, 6) is -1.59. The first-order valence-corrected chi connectivity index (χ1v) is 11.3. The van der Waals surface area contributed by atoms with Crippen LogP contribution in [0.5, 0.6) is 0 Å². The predicted octanol–water partition coefficient (Wildman–Crippen LogP) is -0.187. The van der Waals surface area contributed by atoms with Gasteiger partial charge in [-0.3, -0.25) is 9.35 Å². The topological polar surface area (TPSA) is 118 Å². The van der Waals surface area contributed by atoms with Crippen LogP contribution in [0.1, 0.15) is 33.1 Å². The smallest absolute Gasteiger partial charge is 0.271 e. The number of unbranched alkanes of at least 4 members (excludes halogenated alkanes) is 1. The van der Waals surface area contributed by atoms with E-state index in [9.17, 15) is 26.2 Å². The lowest BCUT2D eigenvalue weighted by Crippen LogP contribution is -2.57. The van der Waals surface area contributed by atoms with E-state index in [0.29, 0.717) is 11.0 Å². The van der Waals surface area contributed by atoms with Crippen LogP contribution in [0, 0.1) is 0 Å². The highest BCUT2D eigenvalue weighted by Crippen LogP contribution is 2.29. The maximum absolute atomic E-state index is 12.2. The zero-order chi connectivity index (χ0) is 18.8. The molecule has 1 amide bonds. The van der Waals surface area contributed by atoms with E-state index < -0.39 is 48.2 Å². The molecular weight excluding hydrogens is 356 g/mol. The van der Waals surface area contributed by atoms with Crippen molar-refractivity contribution in [2.24, 2.45) is 0 Å². The third-order valence-corrected chi connectivity index (χ3v) is 7.98. The second-order valence-electron chi connectivity index (χ2n) is 7.51. The maximum atomic E-state index is 12.2. The lowest BCUT2D eigenvalue weighted by Gasteiger charge is -2.32. The van der Waals surface area contributed by atoms with E-state index in [0.717, 1.165) is 19.4 Å². The Bertz CT molecular complexity index is 671. The highest BCUT2D eigenvalue weighted by Gasteiger charge is 2.54. The molecule has 0 radical (unpaired) electrons. The molecule has 0 aromatic heterocycles. The van der Waals surface area contributed by atoms with Crippen LogP contribution in [0.2, 0.25) is 0 Å². The third-order valence-electron chi connectivity index (χ3n) is 4.48. The first kappa shape index (κ1) is 21.3. The maximum Gasteiger partial charge on any atom is 0.271 e. The van der Waals surface area contributed by atoms with E-state index in [1.807, 2.05) is 14.1 Å². The quantitative estimate of drug-likeness (QED) is 0.442. The first-order valence-electron chi connectivity index (χ1n) is 8.00. The van der Waals surface area contributed by atoms with E-state index in [1.54, 1.807) is 0 Å². The molecule has 1 aliphatic rings. The fourth-order valence-corrected chi connectivity index (χ4v) is 7.39. The second kappa shape index (κ2) is 7.27. The van der Waals surface area contributed by atoms with Crippen LogP contribution in [-0.4, -0.2) is 81.3 Å². The van der Waals surface area contributed by atoms with Crippen molar-refractivity contribution in [1.29, 1.82) is 0 Å². The average molecular weight is 386 g/mol. The number of amides is 1. The molecule has 1 aliphatic heterocycles. The Kier molecular flexibility index (Phi) is 6.46. The summed E-state index contributed by atoms with van der Waals surface area (Å²) in [6.45, 7) is 4.92. The minimum absolute atomic E-state index is 0.157. The molecule has 8 nitrogen and oxygen atoms in total. The number of nitrogens with one attached hydrogen (secondary N) is 1. The summed E-state index contributed by atoms with van der Waals surface area (Å²) in [5, 5.41) is 0.989. The van der Waals surface area contributed by atoms with Crippen molar-refractivity contribution in [2.45, 2.75) is 43.9 Å². The number of nitrogens with zero attached hydrogens (tertiary/aromatic N) is 1. The van der Waals surface area contributed by atoms with Gasteiger partial charge in [0.15, 0.2) is 9.84 Å². The van der Waals surface area contributed by atoms with Gasteiger partial charge in [0, 0.05) is 0 Å². The normalized spacial score (nSPS) is 27.1. The molecule has 0 spiro atoms. The van der Waals surface area contributed by atoms with Crippen molar-refractivity contribution in [1.82, 2.24) is 5.32 Å². The summed E-state index contributed by atoms with van der Waals surface area (Å²) >= 11 is 0. The molecule has 1 heterocycles. The number of sulfone groups is 1. The molecule has 0 aromatic rings. The second-order valence-corrected chi connectivity index (χ2v) is 11.2. The van der Waals surface area contributed by atoms with E-state index in [4.69, 9.17) is 0 Å². The van der Waals surface area contributed by atoms with Crippen molar-refractivity contribution < 1.29 is 30.7 Å². The van der Waals surface area contributed by atoms with Gasteiger partial charge >= 0.3 is 0 Å². The lowest BCUT2D eigenvalue weighted by molar-refractivity contribution is -0.889. The molecule has 142 valence electrons. The van der Waals surface area contributed by atoms with Gasteiger partial charge in [-0.2, -0.15) is 8.42 Å². The Balaban J connectivity index is 2.77. The fraction of sp³-hybridized carbons (Fsp3) is 0.929. The summed E-state index contributed by atoms with van der Waals surface area (Å²) in [6, 6.07) is 0. The van der Waals surface area contributed by atoms with Crippen LogP contribution in [0.3, 0.4) is 0 Å². The SMILES string of the molecule is CCCC[N+](C)(C)CCC(=O)N[C@@]1(C)CS(=O)(=O)C[C@H]1S(=O)(=O)O. The van der Waals surface area contributed by atoms with Gasteiger partial charge in [0.05, 0.1) is 50.7 Å². The highest BCUT2D eigenvalue weighted by atomic mass is 32.2. The number of hydrogen-bond donors (Lipinski definition) is 2. The molecule has 24 heavy (non-hydrogen) atoms. The van der Waals surface area contributed by atoms with Gasteiger partial charge < -0.3 is 9.80 Å². The summed E-state index contributed by atoms with van der Waals surface area (Å²) in [4.78, 5) is 12.2. The van der Waals surface area contributed by atoms with E-state index >= 15 is 0 Å². The highest BCUT2D eigenvalue weighted by molar-refractivity contribution is 7.94. The predicted molar refractivity (Wildman–Crippen MR) is 91.9 cm³/mol. The number of quaternary nitrogens is 1. The summed E-state index contributed by atoms with van der Waals surface area (Å²) < 4.78 is 56.5. The van der Waals surface area contributed by atoms with Crippen LogP contribution in [-0.2, 0) is 24.7 Å². The number of carbonyl (C=O) groups is 1. The van der Waals surface area contributed by atoms with E-state index in [1.165, 1.54) is 6.92 Å². The van der Waals surface area contributed by atoms with E-state index in [2.05, 4.69) is 12.2 Å². The van der Waals surface area contributed by atoms with Crippen LogP contribution < -0.4 is 5.32 Å². The van der Waals surface area contributed by atoms with Gasteiger partial charge in [0.25, 0.3) is 10.1 Å². The Labute approximate surface area is 144 Å². The molecule has 1 saturated heterocycles. The molecule has 0 aromatic carbocycles. The Morgan fingerprint density at radius 1 is 1.33 bits per heavy atom. The Morgan fingerprint density at radius 3 is 2.42 bits per heavy atom. The molecule has 0 saturated carbocycles. The zero-order valence-corrected chi connectivity index (χ0v) is 16.4. The van der Waals surface area contributed by atoms with Gasteiger partial charge in [0.1, 0.15) is 5.25 Å². The number of rotatable bonds is 8. The van der Waals surface area contributed by atoms with Gasteiger partial charge in [0.2, 0.25) is 5.91 Å². The van der Waals surface area contributed by atoms with Crippen molar-refractivity contribution in [2.75, 3.05) is 38.7 Å². The largest absolute Gasteiger partial charge is 0.348 e. The summed E-state index contributed by atoms with van der Waals surface area (Å²) in [7, 11) is -4.21.